The summed E-state index contributed by atoms with van der Waals surface area (Å²) in [6.07, 6.45) is 0. The van der Waals surface area contributed by atoms with Crippen molar-refractivity contribution in [3.05, 3.63) is 29.6 Å². The number of rotatable bonds is 2. The molecule has 4 heteroatoms. The van der Waals surface area contributed by atoms with Crippen LogP contribution >= 0.6 is 0 Å². The lowest BCUT2D eigenvalue weighted by Gasteiger charge is -2.37. The summed E-state index contributed by atoms with van der Waals surface area (Å²) in [5.41, 5.74) is -0.640. The van der Waals surface area contributed by atoms with Gasteiger partial charge >= 0.3 is 0 Å². The molecule has 0 atom stereocenters. The van der Waals surface area contributed by atoms with Crippen LogP contribution in [0.25, 0.3) is 0 Å². The molecule has 1 N–H and O–H groups in total. The van der Waals surface area contributed by atoms with E-state index in [0.717, 1.165) is 0 Å². The maximum atomic E-state index is 13.0. The highest BCUT2D eigenvalue weighted by molar-refractivity contribution is 5.39. The van der Waals surface area contributed by atoms with Gasteiger partial charge in [-0.1, -0.05) is 0 Å². The van der Waals surface area contributed by atoms with E-state index in [2.05, 4.69) is 0 Å². The van der Waals surface area contributed by atoms with Crippen molar-refractivity contribution in [1.82, 2.24) is 0 Å². The van der Waals surface area contributed by atoms with Crippen molar-refractivity contribution in [2.75, 3.05) is 20.3 Å². The first-order chi connectivity index (χ1) is 6.65. The number of benzene rings is 1. The van der Waals surface area contributed by atoms with Crippen molar-refractivity contribution in [3.8, 4) is 5.75 Å². The highest BCUT2D eigenvalue weighted by atomic mass is 19.1. The Labute approximate surface area is 81.1 Å². The first-order valence-corrected chi connectivity index (χ1v) is 4.30. The van der Waals surface area contributed by atoms with E-state index in [9.17, 15) is 9.50 Å². The molecule has 14 heavy (non-hydrogen) atoms. The molecule has 1 heterocycles. The van der Waals surface area contributed by atoms with Crippen LogP contribution < -0.4 is 4.74 Å². The molecular formula is C10H11FO3. The summed E-state index contributed by atoms with van der Waals surface area (Å²) in [7, 11) is 1.49. The SMILES string of the molecule is COc1ccc(F)cc1C1(O)COC1. The molecule has 1 saturated heterocycles. The van der Waals surface area contributed by atoms with Gasteiger partial charge in [0.15, 0.2) is 0 Å². The maximum Gasteiger partial charge on any atom is 0.140 e. The number of ether oxygens (including phenoxy) is 2. The highest BCUT2D eigenvalue weighted by Gasteiger charge is 2.40. The van der Waals surface area contributed by atoms with Gasteiger partial charge in [0.2, 0.25) is 0 Å². The van der Waals surface area contributed by atoms with E-state index in [-0.39, 0.29) is 19.0 Å². The predicted molar refractivity (Wildman–Crippen MR) is 47.7 cm³/mol. The Morgan fingerprint density at radius 1 is 1.50 bits per heavy atom. The lowest BCUT2D eigenvalue weighted by atomic mass is 9.91. The molecule has 0 radical (unpaired) electrons. The number of halogens is 1. The van der Waals surface area contributed by atoms with Gasteiger partial charge in [0.1, 0.15) is 17.2 Å². The van der Waals surface area contributed by atoms with Gasteiger partial charge in [-0.3, -0.25) is 0 Å². The molecule has 0 unspecified atom stereocenters. The van der Waals surface area contributed by atoms with Crippen LogP contribution in [0.5, 0.6) is 5.75 Å². The van der Waals surface area contributed by atoms with Gasteiger partial charge in [-0.25, -0.2) is 4.39 Å². The number of methoxy groups -OCH3 is 1. The second kappa shape index (κ2) is 3.22. The average molecular weight is 198 g/mol. The van der Waals surface area contributed by atoms with Crippen molar-refractivity contribution in [2.45, 2.75) is 5.60 Å². The molecule has 0 bridgehead atoms. The Balaban J connectivity index is 2.43. The number of aliphatic hydroxyl groups is 1. The minimum atomic E-state index is -1.09. The van der Waals surface area contributed by atoms with E-state index in [1.165, 1.54) is 25.3 Å². The van der Waals surface area contributed by atoms with Gasteiger partial charge in [-0.05, 0) is 18.2 Å². The normalized spacial score (nSPS) is 18.8. The van der Waals surface area contributed by atoms with E-state index < -0.39 is 5.60 Å². The van der Waals surface area contributed by atoms with Crippen molar-refractivity contribution in [3.63, 3.8) is 0 Å². The van der Waals surface area contributed by atoms with Crippen LogP contribution in [-0.2, 0) is 10.3 Å². The van der Waals surface area contributed by atoms with Gasteiger partial charge in [0.25, 0.3) is 0 Å². The fourth-order valence-corrected chi connectivity index (χ4v) is 1.49. The third kappa shape index (κ3) is 1.36. The van der Waals surface area contributed by atoms with Crippen molar-refractivity contribution >= 4 is 0 Å². The minimum Gasteiger partial charge on any atom is -0.496 e. The summed E-state index contributed by atoms with van der Waals surface area (Å²) in [4.78, 5) is 0. The van der Waals surface area contributed by atoms with Crippen molar-refractivity contribution in [1.29, 1.82) is 0 Å². The molecule has 1 aliphatic rings. The molecule has 1 aliphatic heterocycles. The topological polar surface area (TPSA) is 38.7 Å². The summed E-state index contributed by atoms with van der Waals surface area (Å²) >= 11 is 0. The van der Waals surface area contributed by atoms with Crippen LogP contribution in [-0.4, -0.2) is 25.4 Å². The van der Waals surface area contributed by atoms with E-state index in [0.29, 0.717) is 11.3 Å². The predicted octanol–water partition coefficient (Wildman–Crippen LogP) is 1.05. The summed E-state index contributed by atoms with van der Waals surface area (Å²) in [6.45, 7) is 0.375. The fourth-order valence-electron chi connectivity index (χ4n) is 1.49. The highest BCUT2D eigenvalue weighted by Crippen LogP contribution is 2.35. The van der Waals surface area contributed by atoms with E-state index in [1.54, 1.807) is 0 Å². The summed E-state index contributed by atoms with van der Waals surface area (Å²) in [5, 5.41) is 9.95. The largest absolute Gasteiger partial charge is 0.496 e. The summed E-state index contributed by atoms with van der Waals surface area (Å²) in [6, 6.07) is 4.08. The van der Waals surface area contributed by atoms with Crippen LogP contribution in [0.4, 0.5) is 4.39 Å². The smallest absolute Gasteiger partial charge is 0.140 e. The monoisotopic (exact) mass is 198 g/mol. The zero-order chi connectivity index (χ0) is 10.2. The lowest BCUT2D eigenvalue weighted by Crippen LogP contribution is -2.46. The molecule has 0 saturated carbocycles. The second-order valence-corrected chi connectivity index (χ2v) is 3.37. The molecule has 76 valence electrons. The molecule has 0 aromatic heterocycles. The zero-order valence-corrected chi connectivity index (χ0v) is 7.79. The van der Waals surface area contributed by atoms with Crippen molar-refractivity contribution < 1.29 is 19.0 Å². The van der Waals surface area contributed by atoms with Crippen molar-refractivity contribution in [2.24, 2.45) is 0 Å². The number of hydrogen-bond donors (Lipinski definition) is 1. The van der Waals surface area contributed by atoms with Gasteiger partial charge in [0.05, 0.1) is 20.3 Å². The van der Waals surface area contributed by atoms with E-state index >= 15 is 0 Å². The molecule has 1 aromatic rings. The maximum absolute atomic E-state index is 13.0. The molecule has 3 nitrogen and oxygen atoms in total. The van der Waals surface area contributed by atoms with E-state index in [4.69, 9.17) is 9.47 Å². The molecular weight excluding hydrogens is 187 g/mol. The van der Waals surface area contributed by atoms with Crippen LogP contribution in [0.1, 0.15) is 5.56 Å². The molecule has 1 fully saturated rings. The standard InChI is InChI=1S/C10H11FO3/c1-13-9-3-2-7(11)4-8(9)10(12)5-14-6-10/h2-4,12H,5-6H2,1H3. The van der Waals surface area contributed by atoms with Gasteiger partial charge in [0, 0.05) is 5.56 Å². The summed E-state index contributed by atoms with van der Waals surface area (Å²) < 4.78 is 22.9. The Morgan fingerprint density at radius 3 is 2.71 bits per heavy atom. The Bertz CT molecular complexity index is 347. The third-order valence-corrected chi connectivity index (χ3v) is 2.34. The Kier molecular flexibility index (Phi) is 2.17. The lowest BCUT2D eigenvalue weighted by molar-refractivity contribution is -0.185. The quantitative estimate of drug-likeness (QED) is 0.772. The first kappa shape index (κ1) is 9.43. The molecule has 1 aromatic carbocycles. The Morgan fingerprint density at radius 2 is 2.21 bits per heavy atom. The van der Waals surface area contributed by atoms with Gasteiger partial charge < -0.3 is 14.6 Å². The number of hydrogen-bond acceptors (Lipinski definition) is 3. The first-order valence-electron chi connectivity index (χ1n) is 4.30. The molecule has 0 spiro atoms. The molecule has 2 rings (SSSR count). The fraction of sp³-hybridized carbons (Fsp3) is 0.400. The average Bonchev–Trinajstić information content (AvgIpc) is 2.14. The van der Waals surface area contributed by atoms with Gasteiger partial charge in [-0.2, -0.15) is 0 Å². The van der Waals surface area contributed by atoms with Gasteiger partial charge in [-0.15, -0.1) is 0 Å². The van der Waals surface area contributed by atoms with Crippen LogP contribution in [0.2, 0.25) is 0 Å². The zero-order valence-electron chi connectivity index (χ0n) is 7.79. The summed E-state index contributed by atoms with van der Waals surface area (Å²) in [5.74, 6) is 0.0957. The molecule has 0 amide bonds. The van der Waals surface area contributed by atoms with Crippen LogP contribution in [0.15, 0.2) is 18.2 Å². The van der Waals surface area contributed by atoms with E-state index in [1.807, 2.05) is 0 Å². The second-order valence-electron chi connectivity index (χ2n) is 3.37. The molecule has 0 aliphatic carbocycles. The van der Waals surface area contributed by atoms with Crippen LogP contribution in [0.3, 0.4) is 0 Å². The van der Waals surface area contributed by atoms with Crippen LogP contribution in [0, 0.1) is 5.82 Å². The third-order valence-electron chi connectivity index (χ3n) is 2.34. The Hall–Kier alpha value is -1.13. The minimum absolute atomic E-state index is 0.187.